The molecule has 8 rings (SSSR count). The molecule has 296 valence electrons. The summed E-state index contributed by atoms with van der Waals surface area (Å²) in [5.74, 6) is 2.00. The second-order valence-corrected chi connectivity index (χ2v) is 16.5. The van der Waals surface area contributed by atoms with Crippen LogP contribution in [0.1, 0.15) is 75.7 Å². The predicted molar refractivity (Wildman–Crippen MR) is 205 cm³/mol. The number of nitrogens with zero attached hydrogens (tertiary/aromatic N) is 3. The Labute approximate surface area is 329 Å². The highest BCUT2D eigenvalue weighted by Crippen LogP contribution is 2.64. The van der Waals surface area contributed by atoms with Gasteiger partial charge in [-0.1, -0.05) is 6.07 Å². The van der Waals surface area contributed by atoms with Crippen molar-refractivity contribution in [2.75, 3.05) is 47.0 Å². The molecule has 0 saturated carbocycles. The maximum Gasteiger partial charge on any atom is 0.308 e. The zero-order valence-corrected chi connectivity index (χ0v) is 33.2. The molecular formula is C41H46N4O10S. The maximum atomic E-state index is 13.0. The molecule has 15 heteroatoms. The Morgan fingerprint density at radius 3 is 2.57 bits per heavy atom. The number of thioether (sulfide) groups is 1. The molecule has 2 bridgehead atoms. The summed E-state index contributed by atoms with van der Waals surface area (Å²) in [5, 5.41) is 37.2. The Balaban J connectivity index is 1.40. The van der Waals surface area contributed by atoms with Crippen molar-refractivity contribution in [2.24, 2.45) is 0 Å². The van der Waals surface area contributed by atoms with E-state index in [0.717, 1.165) is 22.3 Å². The van der Waals surface area contributed by atoms with Crippen molar-refractivity contribution >= 4 is 24.2 Å². The molecule has 5 aliphatic heterocycles. The number of likely N-dealkylation sites (N-methyl/N-ethyl adjacent to an activating group) is 1. The topological polar surface area (TPSA) is 172 Å². The third-order valence-electron chi connectivity index (χ3n) is 12.3. The molecule has 5 heterocycles. The van der Waals surface area contributed by atoms with Gasteiger partial charge in [-0.05, 0) is 75.0 Å². The molecule has 0 radical (unpaired) electrons. The number of esters is 1. The molecule has 0 aliphatic carbocycles. The van der Waals surface area contributed by atoms with Crippen LogP contribution in [0.5, 0.6) is 40.2 Å². The van der Waals surface area contributed by atoms with Crippen LogP contribution in [0.3, 0.4) is 0 Å². The van der Waals surface area contributed by atoms with Crippen molar-refractivity contribution in [1.29, 1.82) is 5.26 Å². The fraction of sp³-hybridized carbons (Fsp3) is 0.488. The van der Waals surface area contributed by atoms with E-state index in [-0.39, 0.29) is 30.9 Å². The number of piperazine rings is 1. The number of aromatic hydroxyl groups is 2. The molecule has 5 aliphatic rings. The molecule has 0 spiro atoms. The lowest BCUT2D eigenvalue weighted by Gasteiger charge is -2.61. The Kier molecular flexibility index (Phi) is 9.67. The third kappa shape index (κ3) is 5.63. The van der Waals surface area contributed by atoms with Crippen LogP contribution in [0, 0.1) is 25.2 Å². The van der Waals surface area contributed by atoms with E-state index in [0.29, 0.717) is 82.6 Å². The largest absolute Gasteiger partial charge is 0.504 e. The van der Waals surface area contributed by atoms with E-state index in [1.807, 2.05) is 33.0 Å². The van der Waals surface area contributed by atoms with Gasteiger partial charge in [-0.3, -0.25) is 19.4 Å². The van der Waals surface area contributed by atoms with E-state index < -0.39 is 40.9 Å². The lowest BCUT2D eigenvalue weighted by Crippen LogP contribution is -2.69. The summed E-state index contributed by atoms with van der Waals surface area (Å²) in [6, 6.07) is 5.52. The van der Waals surface area contributed by atoms with Gasteiger partial charge in [0.15, 0.2) is 34.5 Å². The number of methoxy groups -OCH3 is 2. The van der Waals surface area contributed by atoms with Crippen molar-refractivity contribution in [2.45, 2.75) is 81.5 Å². The van der Waals surface area contributed by atoms with E-state index in [2.05, 4.69) is 28.1 Å². The zero-order chi connectivity index (χ0) is 39.8. The van der Waals surface area contributed by atoms with E-state index >= 15 is 0 Å². The fourth-order valence-corrected chi connectivity index (χ4v) is 11.7. The third-order valence-corrected chi connectivity index (χ3v) is 13.9. The number of hydrogen-bond acceptors (Lipinski definition) is 15. The number of nitrogens with one attached hydrogen (secondary N) is 1. The molecule has 1 saturated heterocycles. The van der Waals surface area contributed by atoms with Crippen LogP contribution in [-0.2, 0) is 32.7 Å². The number of phenols is 2. The fourth-order valence-electron chi connectivity index (χ4n) is 10.0. The number of phenolic OH excluding ortho intramolecular Hbond substituents is 2. The average Bonchev–Trinajstić information content (AvgIpc) is 3.65. The molecule has 3 aromatic rings. The number of hydrogen-bond donors (Lipinski definition) is 3. The maximum absolute atomic E-state index is 13.0. The Morgan fingerprint density at radius 1 is 1.11 bits per heavy atom. The molecule has 2 unspecified atom stereocenters. The van der Waals surface area contributed by atoms with Crippen molar-refractivity contribution in [3.63, 3.8) is 0 Å². The highest BCUT2D eigenvalue weighted by atomic mass is 32.2. The summed E-state index contributed by atoms with van der Waals surface area (Å²) in [5.41, 5.74) is 5.63. The lowest BCUT2D eigenvalue weighted by molar-refractivity contribution is -0.134. The van der Waals surface area contributed by atoms with Crippen LogP contribution in [0.15, 0.2) is 18.2 Å². The minimum atomic E-state index is -0.724. The summed E-state index contributed by atoms with van der Waals surface area (Å²) in [6.45, 7) is 8.04. The summed E-state index contributed by atoms with van der Waals surface area (Å²) in [6.07, 6.45) is 1.19. The first kappa shape index (κ1) is 38.0. The van der Waals surface area contributed by atoms with Crippen LogP contribution in [-0.4, -0.2) is 97.5 Å². The van der Waals surface area contributed by atoms with Crippen LogP contribution < -0.4 is 29.0 Å². The molecule has 14 nitrogen and oxygen atoms in total. The summed E-state index contributed by atoms with van der Waals surface area (Å²) < 4.78 is 35.3. The van der Waals surface area contributed by atoms with Gasteiger partial charge in [-0.25, -0.2) is 0 Å². The highest BCUT2D eigenvalue weighted by molar-refractivity contribution is 7.99. The van der Waals surface area contributed by atoms with Crippen LogP contribution >= 0.6 is 11.8 Å². The molecule has 7 atom stereocenters. The molecular weight excluding hydrogens is 741 g/mol. The molecule has 1 fully saturated rings. The van der Waals surface area contributed by atoms with Crippen LogP contribution in [0.4, 0.5) is 0 Å². The quantitative estimate of drug-likeness (QED) is 0.156. The van der Waals surface area contributed by atoms with Gasteiger partial charge in [0.1, 0.15) is 18.4 Å². The van der Waals surface area contributed by atoms with Crippen molar-refractivity contribution in [3.05, 3.63) is 62.7 Å². The molecule has 0 aromatic heterocycles. The molecule has 56 heavy (non-hydrogen) atoms. The van der Waals surface area contributed by atoms with E-state index in [4.69, 9.17) is 28.4 Å². The standard InChI is InChI=1S/C41H46N4O10S/c1-19-10-23-11-25-26(14-42)45-27(15-52-17-46)31-32(37(55-21(3)47)20(2)38-39(31)54-18-53-38)40(34(45)33(44(25)5)30(23)35(49)36(19)51-7)56-16-41(4)24-13-29(50-6)28(48)12-22(24)8-9-43-41/h10,12-13,17,25-27,33-34,40,43,48-49H,8-9,11,15-16,18H2,1-7H3/t25?,26-,27-,33?,34+,40+,41+/m0/s1. The number of carbonyl (C=O) groups excluding carboxylic acids is 2. The van der Waals surface area contributed by atoms with Gasteiger partial charge in [-0.15, -0.1) is 11.8 Å². The minimum absolute atomic E-state index is 0.0345. The lowest BCUT2D eigenvalue weighted by atomic mass is 9.71. The number of carbonyl (C=O) groups is 2. The molecule has 3 aromatic carbocycles. The summed E-state index contributed by atoms with van der Waals surface area (Å²) in [7, 11) is 5.04. The highest BCUT2D eigenvalue weighted by Gasteiger charge is 2.60. The van der Waals surface area contributed by atoms with Gasteiger partial charge in [0, 0.05) is 53.6 Å². The summed E-state index contributed by atoms with van der Waals surface area (Å²) >= 11 is 1.63. The van der Waals surface area contributed by atoms with E-state index in [1.54, 1.807) is 17.8 Å². The van der Waals surface area contributed by atoms with Crippen molar-refractivity contribution < 1.29 is 48.2 Å². The van der Waals surface area contributed by atoms with Crippen LogP contribution in [0.25, 0.3) is 0 Å². The molecule has 0 amide bonds. The monoisotopic (exact) mass is 786 g/mol. The Bertz CT molecular complexity index is 2180. The number of benzene rings is 3. The van der Waals surface area contributed by atoms with Gasteiger partial charge in [0.05, 0.1) is 43.2 Å². The normalized spacial score (nSPS) is 27.2. The van der Waals surface area contributed by atoms with E-state index in [1.165, 1.54) is 21.1 Å². The number of aryl methyl sites for hydroxylation is 1. The first-order chi connectivity index (χ1) is 26.9. The minimum Gasteiger partial charge on any atom is -0.504 e. The van der Waals surface area contributed by atoms with Gasteiger partial charge >= 0.3 is 5.97 Å². The first-order valence-corrected chi connectivity index (χ1v) is 19.7. The van der Waals surface area contributed by atoms with E-state index in [9.17, 15) is 25.1 Å². The molecule has 3 N–H and O–H groups in total. The second kappa shape index (κ2) is 14.3. The second-order valence-electron chi connectivity index (χ2n) is 15.3. The predicted octanol–water partition coefficient (Wildman–Crippen LogP) is 4.62. The average molecular weight is 787 g/mol. The number of rotatable bonds is 9. The Hall–Kier alpha value is -4.88. The van der Waals surface area contributed by atoms with Gasteiger partial charge in [0.2, 0.25) is 6.79 Å². The van der Waals surface area contributed by atoms with Crippen molar-refractivity contribution in [3.8, 4) is 46.3 Å². The van der Waals surface area contributed by atoms with Gasteiger partial charge in [-0.2, -0.15) is 5.26 Å². The zero-order valence-electron chi connectivity index (χ0n) is 32.4. The van der Waals surface area contributed by atoms with Crippen LogP contribution in [0.2, 0.25) is 0 Å². The Morgan fingerprint density at radius 2 is 1.88 bits per heavy atom. The number of fused-ring (bicyclic) bond motifs is 10. The first-order valence-electron chi connectivity index (χ1n) is 18.6. The summed E-state index contributed by atoms with van der Waals surface area (Å²) in [4.78, 5) is 29.2. The SMILES string of the molecule is COc1cc2c(cc1O)CCN[C@]2(C)CS[C@@H]1c2c(OC(C)=O)c(C)c3c(c2[C@H](COC=O)N2[C@@H]1C1c4c(cc(C)c(OC)c4O)CC([C@@H]2C#N)N1C)OCO3. The van der Waals surface area contributed by atoms with Gasteiger partial charge < -0.3 is 44.0 Å². The smallest absolute Gasteiger partial charge is 0.308 e. The number of ether oxygens (including phenoxy) is 6. The van der Waals surface area contributed by atoms with Crippen molar-refractivity contribution in [1.82, 2.24) is 15.1 Å². The van der Waals surface area contributed by atoms with Gasteiger partial charge in [0.25, 0.3) is 6.47 Å². The number of nitriles is 1.